The van der Waals surface area contributed by atoms with E-state index in [2.05, 4.69) is 31.9 Å². The minimum atomic E-state index is 0.0141. The zero-order valence-electron chi connectivity index (χ0n) is 10.2. The molecule has 0 saturated heterocycles. The number of rotatable bonds is 4. The Hall–Kier alpha value is -0.230. The average molecular weight is 427 g/mol. The minimum Gasteiger partial charge on any atom is -0.495 e. The van der Waals surface area contributed by atoms with Crippen molar-refractivity contribution in [2.45, 2.75) is 4.83 Å². The van der Waals surface area contributed by atoms with Crippen LogP contribution in [0.1, 0.15) is 15.3 Å². The molecule has 0 spiro atoms. The summed E-state index contributed by atoms with van der Waals surface area (Å²) in [4.78, 5) is 1.18. The van der Waals surface area contributed by atoms with Gasteiger partial charge in [-0.1, -0.05) is 33.6 Å². The van der Waals surface area contributed by atoms with Gasteiger partial charge in [0.05, 0.1) is 19.0 Å². The van der Waals surface area contributed by atoms with Crippen molar-refractivity contribution in [3.8, 4) is 11.5 Å². The summed E-state index contributed by atoms with van der Waals surface area (Å²) < 4.78 is 11.7. The fourth-order valence-corrected chi connectivity index (χ4v) is 4.90. The number of hydrogen-bond acceptors (Lipinski definition) is 3. The Morgan fingerprint density at radius 2 is 1.95 bits per heavy atom. The number of methoxy groups -OCH3 is 2. The molecule has 102 valence electrons. The summed E-state index contributed by atoms with van der Waals surface area (Å²) in [5, 5.41) is 2.52. The van der Waals surface area contributed by atoms with Crippen LogP contribution < -0.4 is 9.47 Å². The predicted molar refractivity (Wildman–Crippen MR) is 87.3 cm³/mol. The van der Waals surface area contributed by atoms with Crippen LogP contribution in [0.15, 0.2) is 28.1 Å². The molecule has 0 fully saturated rings. The van der Waals surface area contributed by atoms with Crippen LogP contribution in [0, 0.1) is 0 Å². The smallest absolute Gasteiger partial charge is 0.145 e. The van der Waals surface area contributed by atoms with Gasteiger partial charge in [-0.2, -0.15) is 0 Å². The van der Waals surface area contributed by atoms with Gasteiger partial charge in [0.15, 0.2) is 0 Å². The van der Waals surface area contributed by atoms with Gasteiger partial charge in [-0.3, -0.25) is 0 Å². The Morgan fingerprint density at radius 3 is 2.47 bits per heavy atom. The van der Waals surface area contributed by atoms with Crippen molar-refractivity contribution >= 4 is 54.8 Å². The van der Waals surface area contributed by atoms with Gasteiger partial charge < -0.3 is 9.47 Å². The van der Waals surface area contributed by atoms with E-state index in [1.807, 2.05) is 23.6 Å². The summed E-state index contributed by atoms with van der Waals surface area (Å²) in [5.41, 5.74) is 0.969. The molecule has 6 heteroatoms. The predicted octanol–water partition coefficient (Wildman–Crippen LogP) is 5.67. The third-order valence-corrected chi connectivity index (χ3v) is 6.21. The van der Waals surface area contributed by atoms with Crippen LogP contribution in [0.2, 0.25) is 5.02 Å². The van der Waals surface area contributed by atoms with Gasteiger partial charge in [0.1, 0.15) is 16.5 Å². The Labute approximate surface area is 137 Å². The number of hydrogen-bond donors (Lipinski definition) is 0. The van der Waals surface area contributed by atoms with Crippen LogP contribution in [0.5, 0.6) is 11.5 Å². The Bertz CT molecular complexity index is 586. The van der Waals surface area contributed by atoms with Gasteiger partial charge in [0.25, 0.3) is 0 Å². The lowest BCUT2D eigenvalue weighted by molar-refractivity contribution is 0.392. The highest BCUT2D eigenvalue weighted by Crippen LogP contribution is 2.46. The van der Waals surface area contributed by atoms with Crippen LogP contribution in [0.4, 0.5) is 0 Å². The molecule has 2 rings (SSSR count). The lowest BCUT2D eigenvalue weighted by Gasteiger charge is -2.16. The van der Waals surface area contributed by atoms with E-state index >= 15 is 0 Å². The van der Waals surface area contributed by atoms with Gasteiger partial charge in [0.2, 0.25) is 0 Å². The van der Waals surface area contributed by atoms with Crippen molar-refractivity contribution in [2.75, 3.05) is 14.2 Å². The van der Waals surface area contributed by atoms with E-state index in [-0.39, 0.29) is 4.83 Å². The van der Waals surface area contributed by atoms with Gasteiger partial charge in [0, 0.05) is 14.9 Å². The van der Waals surface area contributed by atoms with Crippen molar-refractivity contribution in [3.63, 3.8) is 0 Å². The van der Waals surface area contributed by atoms with E-state index in [4.69, 9.17) is 21.1 Å². The van der Waals surface area contributed by atoms with Crippen LogP contribution in [-0.4, -0.2) is 14.2 Å². The molecule has 2 nitrogen and oxygen atoms in total. The topological polar surface area (TPSA) is 18.5 Å². The van der Waals surface area contributed by atoms with Gasteiger partial charge in [-0.25, -0.2) is 0 Å². The Kier molecular flexibility index (Phi) is 5.17. The second-order valence-corrected chi connectivity index (χ2v) is 6.80. The van der Waals surface area contributed by atoms with Crippen LogP contribution >= 0.6 is 54.8 Å². The fraction of sp³-hybridized carbons (Fsp3) is 0.231. The molecule has 0 aliphatic heterocycles. The second kappa shape index (κ2) is 6.48. The maximum atomic E-state index is 6.28. The molecule has 0 aliphatic rings. The first kappa shape index (κ1) is 15.2. The number of halogens is 3. The number of alkyl halides is 1. The highest BCUT2D eigenvalue weighted by Gasteiger charge is 2.22. The van der Waals surface area contributed by atoms with Gasteiger partial charge in [-0.15, -0.1) is 11.3 Å². The lowest BCUT2D eigenvalue weighted by Crippen LogP contribution is -1.98. The first-order valence-corrected chi connectivity index (χ1v) is 8.34. The molecule has 1 aromatic carbocycles. The first-order valence-electron chi connectivity index (χ1n) is 5.37. The molecule has 1 aromatic heterocycles. The molecular weight excluding hydrogens is 415 g/mol. The van der Waals surface area contributed by atoms with E-state index in [1.54, 1.807) is 25.6 Å². The highest BCUT2D eigenvalue weighted by molar-refractivity contribution is 9.11. The van der Waals surface area contributed by atoms with E-state index in [1.165, 1.54) is 4.88 Å². The zero-order chi connectivity index (χ0) is 14.0. The third kappa shape index (κ3) is 2.94. The molecule has 1 heterocycles. The third-order valence-electron chi connectivity index (χ3n) is 2.66. The average Bonchev–Trinajstić information content (AvgIpc) is 2.83. The molecule has 0 bridgehead atoms. The van der Waals surface area contributed by atoms with Gasteiger partial charge in [-0.05, 0) is 33.4 Å². The van der Waals surface area contributed by atoms with Crippen molar-refractivity contribution in [1.29, 1.82) is 0 Å². The normalized spacial score (nSPS) is 12.3. The molecule has 0 N–H and O–H groups in total. The lowest BCUT2D eigenvalue weighted by atomic mass is 10.1. The molecule has 1 atom stereocenters. The number of thiophene rings is 1. The number of benzene rings is 1. The van der Waals surface area contributed by atoms with E-state index in [0.717, 1.165) is 10.0 Å². The monoisotopic (exact) mass is 424 g/mol. The molecule has 0 amide bonds. The van der Waals surface area contributed by atoms with Crippen molar-refractivity contribution in [2.24, 2.45) is 0 Å². The van der Waals surface area contributed by atoms with E-state index in [0.29, 0.717) is 16.5 Å². The molecule has 1 unspecified atom stereocenters. The van der Waals surface area contributed by atoms with Gasteiger partial charge >= 0.3 is 0 Å². The molecule has 2 aromatic rings. The van der Waals surface area contributed by atoms with Crippen LogP contribution in [0.3, 0.4) is 0 Å². The molecule has 0 radical (unpaired) electrons. The Balaban J connectivity index is 2.51. The van der Waals surface area contributed by atoms with Crippen molar-refractivity contribution < 1.29 is 9.47 Å². The zero-order valence-corrected chi connectivity index (χ0v) is 15.0. The summed E-state index contributed by atoms with van der Waals surface area (Å²) in [6, 6.07) is 5.82. The largest absolute Gasteiger partial charge is 0.495 e. The quantitative estimate of drug-likeness (QED) is 0.587. The SMILES string of the molecule is COc1ccc(C(Br)c2sccc2Br)c(OC)c1Cl. The number of ether oxygens (including phenoxy) is 2. The standard InChI is InChI=1S/C13H11Br2ClO2S/c1-17-9-4-3-7(12(18-2)11(9)16)10(15)13-8(14)5-6-19-13/h3-6,10H,1-2H3. The van der Waals surface area contributed by atoms with Crippen LogP contribution in [0.25, 0.3) is 0 Å². The molecule has 0 saturated carbocycles. The first-order chi connectivity index (χ1) is 9.10. The summed E-state index contributed by atoms with van der Waals surface area (Å²) in [6.07, 6.45) is 0. The summed E-state index contributed by atoms with van der Waals surface area (Å²) in [5.74, 6) is 1.23. The Morgan fingerprint density at radius 1 is 1.21 bits per heavy atom. The summed E-state index contributed by atoms with van der Waals surface area (Å²) in [6.45, 7) is 0. The maximum absolute atomic E-state index is 6.28. The minimum absolute atomic E-state index is 0.0141. The van der Waals surface area contributed by atoms with Crippen LogP contribution in [-0.2, 0) is 0 Å². The molecule has 0 aliphatic carbocycles. The fourth-order valence-electron chi connectivity index (χ4n) is 1.75. The molecular formula is C13H11Br2ClO2S. The van der Waals surface area contributed by atoms with Crippen molar-refractivity contribution in [1.82, 2.24) is 0 Å². The maximum Gasteiger partial charge on any atom is 0.145 e. The second-order valence-electron chi connectivity index (χ2n) is 3.70. The van der Waals surface area contributed by atoms with Crippen molar-refractivity contribution in [3.05, 3.63) is 43.5 Å². The van der Waals surface area contributed by atoms with E-state index < -0.39 is 0 Å². The molecule has 19 heavy (non-hydrogen) atoms. The van der Waals surface area contributed by atoms with E-state index in [9.17, 15) is 0 Å². The summed E-state index contributed by atoms with van der Waals surface area (Å²) >= 11 is 15.2. The summed E-state index contributed by atoms with van der Waals surface area (Å²) in [7, 11) is 3.19. The highest BCUT2D eigenvalue weighted by atomic mass is 79.9.